The molecule has 5 heteroatoms. The summed E-state index contributed by atoms with van der Waals surface area (Å²) in [5, 5.41) is 18.9. The first-order chi connectivity index (χ1) is 10.6. The van der Waals surface area contributed by atoms with Crippen LogP contribution in [-0.2, 0) is 4.74 Å². The molecule has 1 aromatic carbocycles. The highest BCUT2D eigenvalue weighted by Crippen LogP contribution is 2.50. The molecule has 5 nitrogen and oxygen atoms in total. The molecular formula is C17H20N2O3. The van der Waals surface area contributed by atoms with E-state index in [-0.39, 0.29) is 23.5 Å². The first-order valence-corrected chi connectivity index (χ1v) is 7.61. The van der Waals surface area contributed by atoms with Crippen molar-refractivity contribution in [3.63, 3.8) is 0 Å². The van der Waals surface area contributed by atoms with Crippen molar-refractivity contribution in [3.05, 3.63) is 35.4 Å². The molecule has 1 amide bonds. The predicted octanol–water partition coefficient (Wildman–Crippen LogP) is 1.56. The van der Waals surface area contributed by atoms with E-state index in [1.165, 1.54) is 0 Å². The van der Waals surface area contributed by atoms with E-state index >= 15 is 0 Å². The SMILES string of the molecule is CO[C@@H]1C[C@H](O)C12CCN(C(=O)c1ccc(C#N)cc1)CC2. The van der Waals surface area contributed by atoms with Gasteiger partial charge in [0, 0.05) is 37.6 Å². The fourth-order valence-electron chi connectivity index (χ4n) is 3.71. The second-order valence-electron chi connectivity index (χ2n) is 6.19. The molecular weight excluding hydrogens is 280 g/mol. The highest BCUT2D eigenvalue weighted by atomic mass is 16.5. The number of likely N-dealkylation sites (tertiary alicyclic amines) is 1. The van der Waals surface area contributed by atoms with Crippen LogP contribution in [-0.4, -0.2) is 48.3 Å². The van der Waals surface area contributed by atoms with Crippen LogP contribution in [0, 0.1) is 16.7 Å². The molecule has 3 rings (SSSR count). The maximum Gasteiger partial charge on any atom is 0.253 e. The van der Waals surface area contributed by atoms with Gasteiger partial charge in [0.2, 0.25) is 0 Å². The van der Waals surface area contributed by atoms with E-state index in [0.717, 1.165) is 12.8 Å². The lowest BCUT2D eigenvalue weighted by molar-refractivity contribution is -0.199. The van der Waals surface area contributed by atoms with Crippen LogP contribution in [0.5, 0.6) is 0 Å². The Balaban J connectivity index is 1.66. The summed E-state index contributed by atoms with van der Waals surface area (Å²) in [4.78, 5) is 14.3. The Morgan fingerprint density at radius 1 is 1.36 bits per heavy atom. The lowest BCUT2D eigenvalue weighted by atomic mass is 9.58. The van der Waals surface area contributed by atoms with Crippen LogP contribution in [0.15, 0.2) is 24.3 Å². The molecule has 116 valence electrons. The minimum atomic E-state index is -0.315. The maximum atomic E-state index is 12.5. The zero-order chi connectivity index (χ0) is 15.7. The van der Waals surface area contributed by atoms with Crippen molar-refractivity contribution in [2.45, 2.75) is 31.5 Å². The third kappa shape index (κ3) is 2.29. The largest absolute Gasteiger partial charge is 0.392 e. The number of aliphatic hydroxyl groups is 1. The van der Waals surface area contributed by atoms with Gasteiger partial charge in [-0.2, -0.15) is 5.26 Å². The number of rotatable bonds is 2. The van der Waals surface area contributed by atoms with Gasteiger partial charge in [-0.25, -0.2) is 0 Å². The number of carbonyl (C=O) groups excluding carboxylic acids is 1. The van der Waals surface area contributed by atoms with Crippen molar-refractivity contribution >= 4 is 5.91 Å². The molecule has 2 fully saturated rings. The lowest BCUT2D eigenvalue weighted by Crippen LogP contribution is -2.62. The molecule has 1 heterocycles. The van der Waals surface area contributed by atoms with Crippen molar-refractivity contribution in [1.29, 1.82) is 5.26 Å². The van der Waals surface area contributed by atoms with Crippen LogP contribution in [0.2, 0.25) is 0 Å². The van der Waals surface area contributed by atoms with Crippen LogP contribution >= 0.6 is 0 Å². The van der Waals surface area contributed by atoms with Crippen LogP contribution in [0.4, 0.5) is 0 Å². The summed E-state index contributed by atoms with van der Waals surface area (Å²) in [6.45, 7) is 1.27. The quantitative estimate of drug-likeness (QED) is 0.899. The third-order valence-electron chi connectivity index (χ3n) is 5.27. The average Bonchev–Trinajstić information content (AvgIpc) is 2.59. The molecule has 0 aromatic heterocycles. The number of carbonyl (C=O) groups is 1. The van der Waals surface area contributed by atoms with Gasteiger partial charge in [-0.15, -0.1) is 0 Å². The normalized spacial score (nSPS) is 26.3. The predicted molar refractivity (Wildman–Crippen MR) is 80.1 cm³/mol. The summed E-state index contributed by atoms with van der Waals surface area (Å²) in [7, 11) is 1.69. The Bertz CT molecular complexity index is 597. The molecule has 1 aliphatic carbocycles. The van der Waals surface area contributed by atoms with Crippen molar-refractivity contribution in [2.75, 3.05) is 20.2 Å². The Kier molecular flexibility index (Phi) is 3.90. The van der Waals surface area contributed by atoms with Gasteiger partial charge in [-0.05, 0) is 37.1 Å². The molecule has 0 bridgehead atoms. The smallest absolute Gasteiger partial charge is 0.253 e. The van der Waals surface area contributed by atoms with E-state index in [9.17, 15) is 9.90 Å². The Labute approximate surface area is 130 Å². The van der Waals surface area contributed by atoms with E-state index in [0.29, 0.717) is 30.6 Å². The number of piperidine rings is 1. The number of aliphatic hydroxyl groups excluding tert-OH is 1. The molecule has 0 unspecified atom stereocenters. The molecule has 1 spiro atoms. The number of hydrogen-bond acceptors (Lipinski definition) is 4. The standard InChI is InChI=1S/C17H20N2O3/c1-22-15-10-14(20)17(15)6-8-19(9-7-17)16(21)13-4-2-12(11-18)3-5-13/h2-5,14-15,20H,6-10H2,1H3/t14-,15+/m0/s1. The van der Waals surface area contributed by atoms with Gasteiger partial charge in [0.15, 0.2) is 0 Å². The van der Waals surface area contributed by atoms with Gasteiger partial charge in [0.1, 0.15) is 0 Å². The number of benzene rings is 1. The zero-order valence-corrected chi connectivity index (χ0v) is 12.7. The minimum Gasteiger partial charge on any atom is -0.392 e. The Morgan fingerprint density at radius 3 is 2.50 bits per heavy atom. The number of nitrogens with zero attached hydrogens (tertiary/aromatic N) is 2. The monoisotopic (exact) mass is 300 g/mol. The van der Waals surface area contributed by atoms with E-state index in [2.05, 4.69) is 0 Å². The first-order valence-electron chi connectivity index (χ1n) is 7.61. The molecule has 1 saturated heterocycles. The van der Waals surface area contributed by atoms with Gasteiger partial charge >= 0.3 is 0 Å². The molecule has 22 heavy (non-hydrogen) atoms. The van der Waals surface area contributed by atoms with Crippen molar-refractivity contribution in [2.24, 2.45) is 5.41 Å². The van der Waals surface area contributed by atoms with E-state index in [4.69, 9.17) is 10.00 Å². The number of ether oxygens (including phenoxy) is 1. The van der Waals surface area contributed by atoms with E-state index in [1.54, 1.807) is 31.4 Å². The first kappa shape index (κ1) is 15.0. The topological polar surface area (TPSA) is 73.6 Å². The number of hydrogen-bond donors (Lipinski definition) is 1. The highest BCUT2D eigenvalue weighted by molar-refractivity contribution is 5.94. The fraction of sp³-hybridized carbons (Fsp3) is 0.529. The Morgan fingerprint density at radius 2 is 2.00 bits per heavy atom. The van der Waals surface area contributed by atoms with E-state index in [1.807, 2.05) is 11.0 Å². The van der Waals surface area contributed by atoms with Crippen molar-refractivity contribution in [3.8, 4) is 6.07 Å². The summed E-state index contributed by atoms with van der Waals surface area (Å²) < 4.78 is 5.46. The van der Waals surface area contributed by atoms with Gasteiger partial charge in [0.05, 0.1) is 23.8 Å². The molecule has 1 N–H and O–H groups in total. The van der Waals surface area contributed by atoms with E-state index < -0.39 is 0 Å². The summed E-state index contributed by atoms with van der Waals surface area (Å²) in [5.41, 5.74) is 0.984. The Hall–Kier alpha value is -1.90. The molecule has 2 aliphatic rings. The maximum absolute atomic E-state index is 12.5. The molecule has 0 radical (unpaired) electrons. The lowest BCUT2D eigenvalue weighted by Gasteiger charge is -2.56. The molecule has 1 aliphatic heterocycles. The molecule has 1 aromatic rings. The fourth-order valence-corrected chi connectivity index (χ4v) is 3.71. The van der Waals surface area contributed by atoms with Crippen molar-refractivity contribution in [1.82, 2.24) is 4.90 Å². The van der Waals surface area contributed by atoms with Crippen molar-refractivity contribution < 1.29 is 14.6 Å². The summed E-state index contributed by atoms with van der Waals surface area (Å²) in [6, 6.07) is 8.76. The third-order valence-corrected chi connectivity index (χ3v) is 5.27. The summed E-state index contributed by atoms with van der Waals surface area (Å²) in [6.07, 6.45) is 2.03. The minimum absolute atomic E-state index is 0.0119. The second kappa shape index (κ2) is 5.71. The van der Waals surface area contributed by atoms with Crippen LogP contribution in [0.3, 0.4) is 0 Å². The molecule has 1 saturated carbocycles. The highest BCUT2D eigenvalue weighted by Gasteiger charge is 2.56. The number of amides is 1. The van der Waals surface area contributed by atoms with Crippen LogP contribution < -0.4 is 0 Å². The molecule has 2 atom stereocenters. The van der Waals surface area contributed by atoms with Gasteiger partial charge in [-0.1, -0.05) is 0 Å². The second-order valence-corrected chi connectivity index (χ2v) is 6.19. The number of methoxy groups -OCH3 is 1. The summed E-state index contributed by atoms with van der Waals surface area (Å²) in [5.74, 6) is -0.0119. The van der Waals surface area contributed by atoms with Gasteiger partial charge in [-0.3, -0.25) is 4.79 Å². The zero-order valence-electron chi connectivity index (χ0n) is 12.7. The van der Waals surface area contributed by atoms with Gasteiger partial charge in [0.25, 0.3) is 5.91 Å². The van der Waals surface area contributed by atoms with Crippen LogP contribution in [0.25, 0.3) is 0 Å². The number of nitriles is 1. The van der Waals surface area contributed by atoms with Gasteiger partial charge < -0.3 is 14.7 Å². The average molecular weight is 300 g/mol. The van der Waals surface area contributed by atoms with Crippen LogP contribution in [0.1, 0.15) is 35.2 Å². The summed E-state index contributed by atoms with van der Waals surface area (Å²) >= 11 is 0.